The van der Waals surface area contributed by atoms with Crippen molar-refractivity contribution in [2.45, 2.75) is 18.4 Å². The molecule has 1 aromatic heterocycles. The molecule has 3 aromatic rings. The van der Waals surface area contributed by atoms with Crippen LogP contribution in [0.5, 0.6) is 5.75 Å². The number of aromatic nitrogens is 1. The summed E-state index contributed by atoms with van der Waals surface area (Å²) >= 11 is 6.20. The summed E-state index contributed by atoms with van der Waals surface area (Å²) in [5, 5.41) is 6.18. The molecule has 7 nitrogen and oxygen atoms in total. The lowest BCUT2D eigenvalue weighted by molar-refractivity contribution is 0.0472. The third-order valence-corrected chi connectivity index (χ3v) is 5.52. The minimum Gasteiger partial charge on any atom is -0.497 e. The Kier molecular flexibility index (Phi) is 5.55. The summed E-state index contributed by atoms with van der Waals surface area (Å²) < 4.78 is 33.7. The third-order valence-electron chi connectivity index (χ3n) is 4.14. The molecule has 9 heteroatoms. The largest absolute Gasteiger partial charge is 0.497 e. The van der Waals surface area contributed by atoms with E-state index in [1.807, 2.05) is 6.07 Å². The van der Waals surface area contributed by atoms with Crippen molar-refractivity contribution in [3.05, 3.63) is 64.3 Å². The van der Waals surface area contributed by atoms with Gasteiger partial charge in [0, 0.05) is 17.0 Å². The van der Waals surface area contributed by atoms with E-state index in [0.717, 1.165) is 5.39 Å². The Hall–Kier alpha value is -2.68. The van der Waals surface area contributed by atoms with Crippen molar-refractivity contribution in [3.63, 3.8) is 0 Å². The van der Waals surface area contributed by atoms with Gasteiger partial charge in [0.25, 0.3) is 0 Å². The summed E-state index contributed by atoms with van der Waals surface area (Å²) in [6, 6.07) is 11.3. The summed E-state index contributed by atoms with van der Waals surface area (Å²) in [5.41, 5.74) is 1.68. The predicted molar refractivity (Wildman–Crippen MR) is 105 cm³/mol. The quantitative estimate of drug-likeness (QED) is 0.501. The van der Waals surface area contributed by atoms with E-state index in [4.69, 9.17) is 26.2 Å². The number of benzene rings is 2. The van der Waals surface area contributed by atoms with E-state index in [1.54, 1.807) is 32.2 Å². The van der Waals surface area contributed by atoms with Gasteiger partial charge in [-0.15, -0.1) is 0 Å². The van der Waals surface area contributed by atoms with Crippen LogP contribution in [-0.2, 0) is 21.4 Å². The molecule has 2 aromatic carbocycles. The average molecular weight is 421 g/mol. The maximum atomic E-state index is 12.3. The van der Waals surface area contributed by atoms with Crippen LogP contribution in [0.25, 0.3) is 10.9 Å². The van der Waals surface area contributed by atoms with Crippen molar-refractivity contribution >= 4 is 38.5 Å². The summed E-state index contributed by atoms with van der Waals surface area (Å²) in [5.74, 6) is -0.0453. The number of hydrogen-bond acceptors (Lipinski definition) is 6. The van der Waals surface area contributed by atoms with Gasteiger partial charge in [0.05, 0.1) is 23.1 Å². The van der Waals surface area contributed by atoms with Gasteiger partial charge in [-0.2, -0.15) is 0 Å². The van der Waals surface area contributed by atoms with Crippen LogP contribution >= 0.6 is 11.6 Å². The lowest BCUT2D eigenvalue weighted by Gasteiger charge is -2.10. The molecule has 28 heavy (non-hydrogen) atoms. The van der Waals surface area contributed by atoms with Crippen LogP contribution < -0.4 is 9.88 Å². The van der Waals surface area contributed by atoms with Gasteiger partial charge in [-0.05, 0) is 42.8 Å². The van der Waals surface area contributed by atoms with Crippen LogP contribution in [0, 0.1) is 6.92 Å². The first-order valence-corrected chi connectivity index (χ1v) is 10.0. The molecule has 0 aliphatic carbocycles. The summed E-state index contributed by atoms with van der Waals surface area (Å²) in [6.45, 7) is 1.47. The summed E-state index contributed by atoms with van der Waals surface area (Å²) in [4.78, 5) is 16.5. The number of primary sulfonamides is 1. The van der Waals surface area contributed by atoms with Crippen LogP contribution in [0.3, 0.4) is 0 Å². The number of carbonyl (C=O) groups excluding carboxylic acids is 1. The van der Waals surface area contributed by atoms with Crippen molar-refractivity contribution in [3.8, 4) is 5.75 Å². The van der Waals surface area contributed by atoms with E-state index >= 15 is 0 Å². The molecule has 0 aliphatic heterocycles. The van der Waals surface area contributed by atoms with Gasteiger partial charge in [-0.3, -0.25) is 0 Å². The van der Waals surface area contributed by atoms with Crippen molar-refractivity contribution in [2.24, 2.45) is 5.14 Å². The molecule has 0 spiro atoms. The molecule has 1 heterocycles. The monoisotopic (exact) mass is 420 g/mol. The average Bonchev–Trinajstić information content (AvgIpc) is 2.65. The van der Waals surface area contributed by atoms with Crippen LogP contribution in [-0.4, -0.2) is 26.5 Å². The van der Waals surface area contributed by atoms with Crippen LogP contribution in [0.1, 0.15) is 21.5 Å². The lowest BCUT2D eigenvalue weighted by Crippen LogP contribution is -2.15. The number of hydrogen-bond donors (Lipinski definition) is 1. The van der Waals surface area contributed by atoms with E-state index in [-0.39, 0.29) is 22.2 Å². The molecule has 0 saturated carbocycles. The molecule has 0 saturated heterocycles. The second-order valence-corrected chi connectivity index (χ2v) is 7.99. The molecular formula is C19H17ClN2O5S. The van der Waals surface area contributed by atoms with Crippen LogP contribution in [0.15, 0.2) is 47.4 Å². The fourth-order valence-corrected chi connectivity index (χ4v) is 3.66. The maximum Gasteiger partial charge on any atom is 0.338 e. The number of nitrogens with zero attached hydrogens (tertiary/aromatic N) is 1. The Morgan fingerprint density at radius 1 is 1.18 bits per heavy atom. The van der Waals surface area contributed by atoms with E-state index in [2.05, 4.69) is 4.98 Å². The highest BCUT2D eigenvalue weighted by molar-refractivity contribution is 7.89. The van der Waals surface area contributed by atoms with E-state index < -0.39 is 16.0 Å². The zero-order valence-electron chi connectivity index (χ0n) is 15.1. The second kappa shape index (κ2) is 7.75. The van der Waals surface area contributed by atoms with E-state index in [9.17, 15) is 13.2 Å². The first-order valence-electron chi connectivity index (χ1n) is 8.13. The van der Waals surface area contributed by atoms with Gasteiger partial charge in [0.15, 0.2) is 0 Å². The minimum absolute atomic E-state index is 0.0734. The Morgan fingerprint density at radius 3 is 2.61 bits per heavy atom. The minimum atomic E-state index is -3.94. The number of halogens is 1. The third kappa shape index (κ3) is 4.24. The summed E-state index contributed by atoms with van der Waals surface area (Å²) in [6.07, 6.45) is 0. The van der Waals surface area contributed by atoms with Gasteiger partial charge < -0.3 is 9.47 Å². The fraction of sp³-hybridized carbons (Fsp3) is 0.158. The second-order valence-electron chi connectivity index (χ2n) is 6.10. The van der Waals surface area contributed by atoms with Crippen molar-refractivity contribution in [2.75, 3.05) is 7.11 Å². The number of carbonyl (C=O) groups is 1. The Bertz CT molecular complexity index is 1180. The van der Waals surface area contributed by atoms with Gasteiger partial charge in [0.1, 0.15) is 17.5 Å². The van der Waals surface area contributed by atoms with Crippen LogP contribution in [0.2, 0.25) is 5.15 Å². The van der Waals surface area contributed by atoms with Gasteiger partial charge in [-0.1, -0.05) is 17.7 Å². The number of rotatable bonds is 5. The zero-order chi connectivity index (χ0) is 20.5. The highest BCUT2D eigenvalue weighted by atomic mass is 35.5. The van der Waals surface area contributed by atoms with Crippen molar-refractivity contribution < 1.29 is 22.7 Å². The number of pyridine rings is 1. The number of aryl methyl sites for hydroxylation is 1. The molecule has 2 N–H and O–H groups in total. The summed E-state index contributed by atoms with van der Waals surface area (Å²) in [7, 11) is -2.38. The number of esters is 1. The molecule has 0 aliphatic rings. The number of fused-ring (bicyclic) bond motifs is 1. The number of nitrogens with two attached hydrogens (primary N) is 1. The molecule has 0 unspecified atom stereocenters. The number of methoxy groups -OCH3 is 1. The molecule has 0 fully saturated rings. The number of ether oxygens (including phenoxy) is 2. The highest BCUT2D eigenvalue weighted by Crippen LogP contribution is 2.25. The van der Waals surface area contributed by atoms with Gasteiger partial charge in [-0.25, -0.2) is 23.3 Å². The standard InChI is InChI=1S/C19H17ClN2O5S/c1-11-3-4-13(8-17(11)28(21,24)25)19(23)27-10-14-7-12-5-6-15(26-2)9-16(12)22-18(14)20/h3-9H,10H2,1-2H3,(H2,21,24,25). The maximum absolute atomic E-state index is 12.3. The van der Waals surface area contributed by atoms with Crippen LogP contribution in [0.4, 0.5) is 0 Å². The fourth-order valence-electron chi connectivity index (χ4n) is 2.66. The Morgan fingerprint density at radius 2 is 1.93 bits per heavy atom. The van der Waals surface area contributed by atoms with Crippen molar-refractivity contribution in [1.29, 1.82) is 0 Å². The first kappa shape index (κ1) is 20.1. The Balaban J connectivity index is 1.82. The number of sulfonamides is 1. The molecule has 3 rings (SSSR count). The van der Waals surface area contributed by atoms with Crippen molar-refractivity contribution in [1.82, 2.24) is 4.98 Å². The molecule has 0 amide bonds. The van der Waals surface area contributed by atoms with E-state index in [0.29, 0.717) is 22.4 Å². The smallest absolute Gasteiger partial charge is 0.338 e. The zero-order valence-corrected chi connectivity index (χ0v) is 16.7. The van der Waals surface area contributed by atoms with E-state index in [1.165, 1.54) is 18.2 Å². The molecule has 0 bridgehead atoms. The molecule has 0 atom stereocenters. The predicted octanol–water partition coefficient (Wildman–Crippen LogP) is 3.21. The topological polar surface area (TPSA) is 109 Å². The highest BCUT2D eigenvalue weighted by Gasteiger charge is 2.17. The van der Waals surface area contributed by atoms with Gasteiger partial charge in [0.2, 0.25) is 10.0 Å². The molecule has 146 valence electrons. The SMILES string of the molecule is COc1ccc2cc(COC(=O)c3ccc(C)c(S(N)(=O)=O)c3)c(Cl)nc2c1. The Labute approximate surface area is 167 Å². The first-order chi connectivity index (χ1) is 13.2. The lowest BCUT2D eigenvalue weighted by atomic mass is 10.1. The molecular weight excluding hydrogens is 404 g/mol. The normalized spacial score (nSPS) is 11.4. The van der Waals surface area contributed by atoms with Gasteiger partial charge >= 0.3 is 5.97 Å². The molecule has 0 radical (unpaired) electrons.